The van der Waals surface area contributed by atoms with Gasteiger partial charge in [0.15, 0.2) is 0 Å². The summed E-state index contributed by atoms with van der Waals surface area (Å²) < 4.78 is 0. The van der Waals surface area contributed by atoms with Crippen LogP contribution in [0.3, 0.4) is 0 Å². The van der Waals surface area contributed by atoms with Crippen molar-refractivity contribution in [2.45, 2.75) is 13.5 Å². The van der Waals surface area contributed by atoms with Crippen molar-refractivity contribution in [2.75, 3.05) is 7.05 Å². The van der Waals surface area contributed by atoms with Gasteiger partial charge in [-0.2, -0.15) is 0 Å². The summed E-state index contributed by atoms with van der Waals surface area (Å²) >= 11 is 0. The molecule has 0 aromatic heterocycles. The molecule has 1 aromatic rings. The van der Waals surface area contributed by atoms with Gasteiger partial charge in [-0.3, -0.25) is 0 Å². The van der Waals surface area contributed by atoms with Crippen molar-refractivity contribution in [1.29, 1.82) is 0 Å². The standard InChI is InChI=1S/C12H13N/c1-4-12-11-6-5-9(2)7-10(11)8-13(12)3/h5-7H,1,8H2,2-3H3. The monoisotopic (exact) mass is 171 g/mol. The zero-order chi connectivity index (χ0) is 9.42. The zero-order valence-electron chi connectivity index (χ0n) is 8.09. The molecule has 0 fully saturated rings. The van der Waals surface area contributed by atoms with Crippen LogP contribution in [0.4, 0.5) is 0 Å². The quantitative estimate of drug-likeness (QED) is 0.542. The van der Waals surface area contributed by atoms with Gasteiger partial charge < -0.3 is 4.90 Å². The van der Waals surface area contributed by atoms with Crippen LogP contribution in [0.1, 0.15) is 16.7 Å². The number of hydrogen-bond donors (Lipinski definition) is 0. The van der Waals surface area contributed by atoms with E-state index in [-0.39, 0.29) is 0 Å². The lowest BCUT2D eigenvalue weighted by Gasteiger charge is -2.09. The Labute approximate surface area is 79.0 Å². The number of benzene rings is 1. The van der Waals surface area contributed by atoms with Gasteiger partial charge in [0.05, 0.1) is 5.70 Å². The summed E-state index contributed by atoms with van der Waals surface area (Å²) in [5.74, 6) is 0. The molecule has 1 aliphatic rings. The summed E-state index contributed by atoms with van der Waals surface area (Å²) in [7, 11) is 2.07. The fourth-order valence-electron chi connectivity index (χ4n) is 1.85. The molecular formula is C12H13N. The molecule has 0 spiro atoms. The van der Waals surface area contributed by atoms with Crippen molar-refractivity contribution in [3.05, 3.63) is 47.2 Å². The average molecular weight is 171 g/mol. The minimum Gasteiger partial charge on any atom is -0.363 e. The Balaban J connectivity index is 2.61. The van der Waals surface area contributed by atoms with Crippen LogP contribution in [-0.2, 0) is 6.54 Å². The van der Waals surface area contributed by atoms with E-state index >= 15 is 0 Å². The van der Waals surface area contributed by atoms with E-state index in [9.17, 15) is 0 Å². The van der Waals surface area contributed by atoms with E-state index in [1.54, 1.807) is 0 Å². The highest BCUT2D eigenvalue weighted by Gasteiger charge is 2.19. The molecule has 0 N–H and O–H groups in total. The summed E-state index contributed by atoms with van der Waals surface area (Å²) in [4.78, 5) is 2.18. The highest BCUT2D eigenvalue weighted by Crippen LogP contribution is 2.30. The van der Waals surface area contributed by atoms with E-state index in [1.807, 2.05) is 0 Å². The first-order chi connectivity index (χ1) is 6.22. The van der Waals surface area contributed by atoms with Crippen molar-refractivity contribution in [3.8, 4) is 0 Å². The Morgan fingerprint density at radius 2 is 2.23 bits per heavy atom. The molecule has 0 amide bonds. The Morgan fingerprint density at radius 1 is 1.46 bits per heavy atom. The van der Waals surface area contributed by atoms with E-state index in [0.29, 0.717) is 0 Å². The van der Waals surface area contributed by atoms with E-state index < -0.39 is 0 Å². The smallest absolute Gasteiger partial charge is 0.0871 e. The van der Waals surface area contributed by atoms with E-state index in [4.69, 9.17) is 0 Å². The lowest BCUT2D eigenvalue weighted by molar-refractivity contribution is 0.501. The third-order valence-electron chi connectivity index (χ3n) is 2.47. The van der Waals surface area contributed by atoms with Crippen LogP contribution >= 0.6 is 0 Å². The highest BCUT2D eigenvalue weighted by molar-refractivity contribution is 5.70. The van der Waals surface area contributed by atoms with E-state index in [2.05, 4.69) is 49.4 Å². The van der Waals surface area contributed by atoms with Crippen LogP contribution in [-0.4, -0.2) is 11.9 Å². The Kier molecular flexibility index (Phi) is 1.75. The molecule has 1 aromatic carbocycles. The zero-order valence-corrected chi connectivity index (χ0v) is 8.09. The van der Waals surface area contributed by atoms with Crippen molar-refractivity contribution < 1.29 is 0 Å². The maximum atomic E-state index is 3.71. The second-order valence-corrected chi connectivity index (χ2v) is 3.54. The predicted octanol–water partition coefficient (Wildman–Crippen LogP) is 2.57. The van der Waals surface area contributed by atoms with Gasteiger partial charge in [0, 0.05) is 19.2 Å². The average Bonchev–Trinajstić information content (AvgIpc) is 2.39. The van der Waals surface area contributed by atoms with E-state index in [1.165, 1.54) is 16.7 Å². The van der Waals surface area contributed by atoms with Crippen LogP contribution in [0.15, 0.2) is 30.5 Å². The van der Waals surface area contributed by atoms with Crippen molar-refractivity contribution in [3.63, 3.8) is 0 Å². The Bertz CT molecular complexity index is 398. The van der Waals surface area contributed by atoms with Gasteiger partial charge in [-0.15, -0.1) is 5.73 Å². The van der Waals surface area contributed by atoms with Gasteiger partial charge in [-0.1, -0.05) is 30.3 Å². The minimum absolute atomic E-state index is 0.981. The first kappa shape index (κ1) is 8.15. The number of rotatable bonds is 0. The van der Waals surface area contributed by atoms with Gasteiger partial charge in [-0.25, -0.2) is 0 Å². The predicted molar refractivity (Wildman–Crippen MR) is 55.2 cm³/mol. The molecule has 13 heavy (non-hydrogen) atoms. The van der Waals surface area contributed by atoms with Crippen LogP contribution in [0.25, 0.3) is 5.70 Å². The van der Waals surface area contributed by atoms with Crippen molar-refractivity contribution in [1.82, 2.24) is 4.90 Å². The van der Waals surface area contributed by atoms with Gasteiger partial charge in [-0.05, 0) is 12.5 Å². The van der Waals surface area contributed by atoms with Crippen LogP contribution in [0.2, 0.25) is 0 Å². The summed E-state index contributed by atoms with van der Waals surface area (Å²) in [5, 5.41) is 0. The van der Waals surface area contributed by atoms with Crippen LogP contribution in [0.5, 0.6) is 0 Å². The van der Waals surface area contributed by atoms with Crippen LogP contribution in [0, 0.1) is 6.92 Å². The summed E-state index contributed by atoms with van der Waals surface area (Å²) in [6.45, 7) is 6.81. The lowest BCUT2D eigenvalue weighted by atomic mass is 10.1. The number of aryl methyl sites for hydroxylation is 1. The van der Waals surface area contributed by atoms with Crippen molar-refractivity contribution in [2.24, 2.45) is 0 Å². The first-order valence-electron chi connectivity index (χ1n) is 4.43. The second-order valence-electron chi connectivity index (χ2n) is 3.54. The van der Waals surface area contributed by atoms with E-state index in [0.717, 1.165) is 12.2 Å². The molecule has 66 valence electrons. The molecule has 0 saturated carbocycles. The Hall–Kier alpha value is -1.46. The summed E-state index contributed by atoms with van der Waals surface area (Å²) in [6.07, 6.45) is 0. The fraction of sp³-hybridized carbons (Fsp3) is 0.250. The summed E-state index contributed by atoms with van der Waals surface area (Å²) in [6, 6.07) is 6.52. The number of hydrogen-bond acceptors (Lipinski definition) is 1. The first-order valence-corrected chi connectivity index (χ1v) is 4.43. The van der Waals surface area contributed by atoms with Gasteiger partial charge in [0.2, 0.25) is 0 Å². The maximum absolute atomic E-state index is 3.71. The molecule has 0 aliphatic carbocycles. The molecule has 0 radical (unpaired) electrons. The molecule has 0 bridgehead atoms. The molecule has 2 rings (SSSR count). The largest absolute Gasteiger partial charge is 0.363 e. The number of fused-ring (bicyclic) bond motifs is 1. The molecule has 0 unspecified atom stereocenters. The van der Waals surface area contributed by atoms with Gasteiger partial charge in [0.25, 0.3) is 0 Å². The molecule has 0 atom stereocenters. The fourth-order valence-corrected chi connectivity index (χ4v) is 1.85. The third-order valence-corrected chi connectivity index (χ3v) is 2.47. The highest BCUT2D eigenvalue weighted by atomic mass is 15.1. The second kappa shape index (κ2) is 2.79. The minimum atomic E-state index is 0.981. The maximum Gasteiger partial charge on any atom is 0.0871 e. The molecule has 1 nitrogen and oxygen atoms in total. The third kappa shape index (κ3) is 1.18. The number of nitrogens with zero attached hydrogens (tertiary/aromatic N) is 1. The Morgan fingerprint density at radius 3 is 2.92 bits per heavy atom. The molecular weight excluding hydrogens is 158 g/mol. The molecule has 1 aliphatic heterocycles. The van der Waals surface area contributed by atoms with Crippen molar-refractivity contribution >= 4 is 5.70 Å². The van der Waals surface area contributed by atoms with Crippen LogP contribution < -0.4 is 0 Å². The SMILES string of the molecule is C=C=C1c2ccc(C)cc2CN1C. The molecule has 1 heteroatoms. The lowest BCUT2D eigenvalue weighted by Crippen LogP contribution is -2.06. The molecule has 1 heterocycles. The molecule has 0 saturated heterocycles. The van der Waals surface area contributed by atoms with Gasteiger partial charge in [0.1, 0.15) is 0 Å². The topological polar surface area (TPSA) is 3.24 Å². The normalized spacial score (nSPS) is 14.3. The summed E-state index contributed by atoms with van der Waals surface area (Å²) in [5.41, 5.74) is 8.08. The van der Waals surface area contributed by atoms with Gasteiger partial charge >= 0.3 is 0 Å².